The Hall–Kier alpha value is -2.60. The molecule has 29 heavy (non-hydrogen) atoms. The van der Waals surface area contributed by atoms with Crippen LogP contribution in [0.4, 0.5) is 0 Å². The van der Waals surface area contributed by atoms with Crippen molar-refractivity contribution >= 4 is 11.7 Å². The Bertz CT molecular complexity index is 877. The molecule has 1 fully saturated rings. The van der Waals surface area contributed by atoms with Crippen molar-refractivity contribution in [1.29, 1.82) is 0 Å². The molecule has 2 heterocycles. The molecule has 1 aliphatic heterocycles. The number of ether oxygens (including phenoxy) is 2. The van der Waals surface area contributed by atoms with Gasteiger partial charge in [-0.1, -0.05) is 12.1 Å². The predicted molar refractivity (Wildman–Crippen MR) is 112 cm³/mol. The molecule has 1 amide bonds. The highest BCUT2D eigenvalue weighted by Crippen LogP contribution is 2.35. The summed E-state index contributed by atoms with van der Waals surface area (Å²) in [4.78, 5) is 27.8. The summed E-state index contributed by atoms with van der Waals surface area (Å²) in [6.45, 7) is 9.59. The number of amides is 1. The van der Waals surface area contributed by atoms with Crippen LogP contribution in [0.25, 0.3) is 0 Å². The Balaban J connectivity index is 1.80. The lowest BCUT2D eigenvalue weighted by Crippen LogP contribution is -2.44. The maximum Gasteiger partial charge on any atom is 0.268 e. The average molecular weight is 399 g/mol. The number of Topliss-reactive ketones (excluding diaryl/α,β-unsaturated/α-hetero) is 1. The molecule has 2 aromatic rings. The average Bonchev–Trinajstić information content (AvgIpc) is 3.02. The first-order valence-corrected chi connectivity index (χ1v) is 10.2. The third-order valence-corrected chi connectivity index (χ3v) is 5.83. The van der Waals surface area contributed by atoms with Gasteiger partial charge in [0.15, 0.2) is 5.78 Å². The van der Waals surface area contributed by atoms with Gasteiger partial charge in [0.25, 0.3) is 5.91 Å². The number of aryl methyl sites for hydroxylation is 1. The monoisotopic (exact) mass is 398 g/mol. The fourth-order valence-electron chi connectivity index (χ4n) is 4.24. The van der Waals surface area contributed by atoms with E-state index in [0.29, 0.717) is 43.2 Å². The van der Waals surface area contributed by atoms with Crippen molar-refractivity contribution in [2.75, 3.05) is 26.4 Å². The summed E-state index contributed by atoms with van der Waals surface area (Å²) in [5.41, 5.74) is 3.48. The number of hydrogen-bond donors (Lipinski definition) is 2. The lowest BCUT2D eigenvalue weighted by Gasteiger charge is -2.38. The Morgan fingerprint density at radius 1 is 1.17 bits per heavy atom. The first-order chi connectivity index (χ1) is 13.9. The van der Waals surface area contributed by atoms with Gasteiger partial charge in [-0.3, -0.25) is 9.59 Å². The summed E-state index contributed by atoms with van der Waals surface area (Å²) < 4.78 is 11.1. The molecule has 6 nitrogen and oxygen atoms in total. The van der Waals surface area contributed by atoms with Crippen molar-refractivity contribution in [3.05, 3.63) is 52.3 Å². The molecule has 0 aliphatic carbocycles. The molecule has 2 N–H and O–H groups in total. The Morgan fingerprint density at radius 3 is 2.38 bits per heavy atom. The van der Waals surface area contributed by atoms with E-state index >= 15 is 0 Å². The molecule has 1 aliphatic rings. The third-order valence-electron chi connectivity index (χ3n) is 5.83. The molecule has 0 unspecified atom stereocenters. The number of ketones is 1. The second kappa shape index (κ2) is 8.82. The van der Waals surface area contributed by atoms with Crippen molar-refractivity contribution in [2.45, 2.75) is 46.0 Å². The minimum Gasteiger partial charge on any atom is -0.494 e. The van der Waals surface area contributed by atoms with Crippen LogP contribution in [0.3, 0.4) is 0 Å². The second-order valence-corrected chi connectivity index (χ2v) is 7.71. The fraction of sp³-hybridized carbons (Fsp3) is 0.478. The predicted octanol–water partition coefficient (Wildman–Crippen LogP) is 3.71. The van der Waals surface area contributed by atoms with Crippen LogP contribution in [0.15, 0.2) is 24.3 Å². The van der Waals surface area contributed by atoms with E-state index in [9.17, 15) is 9.59 Å². The van der Waals surface area contributed by atoms with Gasteiger partial charge in [0.1, 0.15) is 11.4 Å². The van der Waals surface area contributed by atoms with Crippen LogP contribution in [-0.2, 0) is 10.2 Å². The summed E-state index contributed by atoms with van der Waals surface area (Å²) in [6, 6.07) is 8.13. The van der Waals surface area contributed by atoms with Gasteiger partial charge in [-0.05, 0) is 63.8 Å². The van der Waals surface area contributed by atoms with Gasteiger partial charge in [-0.2, -0.15) is 0 Å². The zero-order valence-corrected chi connectivity index (χ0v) is 17.7. The van der Waals surface area contributed by atoms with E-state index in [1.54, 1.807) is 0 Å². The minimum absolute atomic E-state index is 0.0365. The summed E-state index contributed by atoms with van der Waals surface area (Å²) in [6.07, 6.45) is 1.67. The van der Waals surface area contributed by atoms with Crippen LogP contribution >= 0.6 is 0 Å². The smallest absolute Gasteiger partial charge is 0.268 e. The molecule has 0 atom stereocenters. The maximum atomic E-state index is 12.9. The molecule has 0 radical (unpaired) electrons. The second-order valence-electron chi connectivity index (χ2n) is 7.71. The zero-order chi connectivity index (χ0) is 21.0. The van der Waals surface area contributed by atoms with Gasteiger partial charge in [0.05, 0.1) is 6.61 Å². The number of hydrogen-bond acceptors (Lipinski definition) is 4. The minimum atomic E-state index is -0.185. The first kappa shape index (κ1) is 21.1. The van der Waals surface area contributed by atoms with E-state index in [2.05, 4.69) is 22.4 Å². The van der Waals surface area contributed by atoms with Crippen LogP contribution in [0.1, 0.15) is 64.4 Å². The highest BCUT2D eigenvalue weighted by atomic mass is 16.5. The largest absolute Gasteiger partial charge is 0.494 e. The van der Waals surface area contributed by atoms with E-state index < -0.39 is 0 Å². The summed E-state index contributed by atoms with van der Waals surface area (Å²) >= 11 is 0. The molecular weight excluding hydrogens is 368 g/mol. The van der Waals surface area contributed by atoms with Crippen LogP contribution in [0, 0.1) is 13.8 Å². The third kappa shape index (κ3) is 4.37. The molecule has 156 valence electrons. The first-order valence-electron chi connectivity index (χ1n) is 10.2. The Morgan fingerprint density at radius 2 is 1.83 bits per heavy atom. The number of carbonyl (C=O) groups excluding carboxylic acids is 2. The van der Waals surface area contributed by atoms with Crippen molar-refractivity contribution in [1.82, 2.24) is 10.3 Å². The highest BCUT2D eigenvalue weighted by molar-refractivity contribution is 6.02. The molecule has 3 rings (SSSR count). The summed E-state index contributed by atoms with van der Waals surface area (Å²) in [5.74, 6) is 0.622. The lowest BCUT2D eigenvalue weighted by atomic mass is 9.74. The maximum absolute atomic E-state index is 12.9. The number of benzene rings is 1. The van der Waals surface area contributed by atoms with Gasteiger partial charge >= 0.3 is 0 Å². The number of nitrogens with one attached hydrogen (secondary N) is 2. The molecule has 0 bridgehead atoms. The highest BCUT2D eigenvalue weighted by Gasteiger charge is 2.35. The topological polar surface area (TPSA) is 80.4 Å². The molecule has 1 saturated heterocycles. The molecule has 6 heteroatoms. The van der Waals surface area contributed by atoms with Gasteiger partial charge in [0, 0.05) is 36.4 Å². The van der Waals surface area contributed by atoms with Gasteiger partial charge in [-0.25, -0.2) is 0 Å². The van der Waals surface area contributed by atoms with Crippen molar-refractivity contribution in [3.63, 3.8) is 0 Å². The van der Waals surface area contributed by atoms with Crippen molar-refractivity contribution in [2.24, 2.45) is 0 Å². The number of H-pyrrole nitrogens is 1. The fourth-order valence-corrected chi connectivity index (χ4v) is 4.24. The Kier molecular flexibility index (Phi) is 6.42. The van der Waals surface area contributed by atoms with Crippen molar-refractivity contribution in [3.8, 4) is 5.75 Å². The zero-order valence-electron chi connectivity index (χ0n) is 17.7. The molecular formula is C23H30N2O4. The molecule has 1 aromatic carbocycles. The van der Waals surface area contributed by atoms with Crippen molar-refractivity contribution < 1.29 is 19.1 Å². The molecule has 0 spiro atoms. The van der Waals surface area contributed by atoms with Gasteiger partial charge in [-0.15, -0.1) is 0 Å². The van der Waals surface area contributed by atoms with E-state index in [1.807, 2.05) is 32.9 Å². The van der Waals surface area contributed by atoms with Crippen LogP contribution in [0.5, 0.6) is 5.75 Å². The van der Waals surface area contributed by atoms with E-state index in [1.165, 1.54) is 12.5 Å². The summed E-state index contributed by atoms with van der Waals surface area (Å²) in [5, 5.41) is 3.10. The molecule has 1 aromatic heterocycles. The van der Waals surface area contributed by atoms with E-state index in [4.69, 9.17) is 9.47 Å². The van der Waals surface area contributed by atoms with Gasteiger partial charge in [0.2, 0.25) is 0 Å². The lowest BCUT2D eigenvalue weighted by molar-refractivity contribution is 0.0486. The van der Waals surface area contributed by atoms with Crippen LogP contribution in [-0.4, -0.2) is 43.0 Å². The normalized spacial score (nSPS) is 15.7. The number of carbonyl (C=O) groups is 2. The van der Waals surface area contributed by atoms with Gasteiger partial charge < -0.3 is 19.8 Å². The number of rotatable bonds is 7. The molecule has 0 saturated carbocycles. The van der Waals surface area contributed by atoms with Crippen LogP contribution < -0.4 is 10.1 Å². The SMILES string of the molecule is CCOc1ccc(C2(CNC(=O)c3[nH]c(C)c(C(C)=O)c3C)CCOCC2)cc1. The van der Waals surface area contributed by atoms with E-state index in [-0.39, 0.29) is 17.1 Å². The quantitative estimate of drug-likeness (QED) is 0.697. The standard InChI is InChI=1S/C23H30N2O4/c1-5-29-19-8-6-18(7-9-19)23(10-12-28-13-11-23)14-24-22(27)21-15(2)20(17(4)26)16(3)25-21/h6-9,25H,5,10-14H2,1-4H3,(H,24,27). The number of aromatic amines is 1. The van der Waals surface area contributed by atoms with Crippen LogP contribution in [0.2, 0.25) is 0 Å². The Labute approximate surface area is 172 Å². The number of aromatic nitrogens is 1. The van der Waals surface area contributed by atoms with E-state index in [0.717, 1.165) is 24.3 Å². The summed E-state index contributed by atoms with van der Waals surface area (Å²) in [7, 11) is 0.